The Labute approximate surface area is 183 Å². The Balaban J connectivity index is 0.00000256. The molecule has 1 saturated carbocycles. The number of Topliss-reactive ketones (excluding diaryl/α,β-unsaturated/α-hetero) is 1. The van der Waals surface area contributed by atoms with Crippen molar-refractivity contribution in [1.82, 2.24) is 20.1 Å². The molecule has 0 aliphatic heterocycles. The van der Waals surface area contributed by atoms with Crippen LogP contribution in [0, 0.1) is 0 Å². The van der Waals surface area contributed by atoms with Gasteiger partial charge >= 0.3 is 0 Å². The topological polar surface area (TPSA) is 73.9 Å². The lowest BCUT2D eigenvalue weighted by Gasteiger charge is -2.46. The van der Waals surface area contributed by atoms with Gasteiger partial charge in [0, 0.05) is 29.4 Å². The smallest absolute Gasteiger partial charge is 0.163 e. The number of fused-ring (bicyclic) bond motifs is 1. The van der Waals surface area contributed by atoms with E-state index in [1.165, 1.54) is 12.8 Å². The molecule has 0 amide bonds. The van der Waals surface area contributed by atoms with Crippen LogP contribution in [0.15, 0.2) is 36.8 Å². The molecular formula is C23H30ClN5O. The van der Waals surface area contributed by atoms with Gasteiger partial charge in [0.15, 0.2) is 5.78 Å². The maximum atomic E-state index is 12.5. The van der Waals surface area contributed by atoms with Gasteiger partial charge in [-0.3, -0.25) is 14.9 Å². The Bertz CT molecular complexity index is 1030. The molecule has 4 rings (SSSR count). The minimum atomic E-state index is -0.119. The number of hydrogen-bond acceptors (Lipinski definition) is 5. The molecule has 7 heteroatoms. The molecule has 1 aliphatic rings. The van der Waals surface area contributed by atoms with Crippen LogP contribution in [0.2, 0.25) is 0 Å². The fourth-order valence-corrected chi connectivity index (χ4v) is 4.76. The highest BCUT2D eigenvalue weighted by Crippen LogP contribution is 2.38. The Hall–Kier alpha value is -2.44. The molecule has 2 N–H and O–H groups in total. The number of carbonyl (C=O) groups is 1. The summed E-state index contributed by atoms with van der Waals surface area (Å²) in [5.41, 5.74) is 4.36. The lowest BCUT2D eigenvalue weighted by molar-refractivity contribution is 0.101. The second-order valence-corrected chi connectivity index (χ2v) is 8.59. The van der Waals surface area contributed by atoms with E-state index in [-0.39, 0.29) is 23.7 Å². The molecular weight excluding hydrogens is 398 g/mol. The normalized spacial score (nSPS) is 21.4. The van der Waals surface area contributed by atoms with Crippen molar-refractivity contribution >= 4 is 34.8 Å². The molecule has 0 radical (unpaired) electrons. The Kier molecular flexibility index (Phi) is 6.48. The molecule has 1 fully saturated rings. The number of likely N-dealkylation sites (N-methyl/N-ethyl adjacent to an activating group) is 1. The number of H-pyrrole nitrogens is 1. The van der Waals surface area contributed by atoms with Gasteiger partial charge in [0.1, 0.15) is 0 Å². The van der Waals surface area contributed by atoms with E-state index in [0.717, 1.165) is 40.6 Å². The van der Waals surface area contributed by atoms with E-state index < -0.39 is 0 Å². The van der Waals surface area contributed by atoms with Gasteiger partial charge in [0.25, 0.3) is 0 Å². The van der Waals surface area contributed by atoms with E-state index in [2.05, 4.69) is 52.5 Å². The highest BCUT2D eigenvalue weighted by Gasteiger charge is 2.38. The minimum Gasteiger partial charge on any atom is -0.377 e. The first-order valence-electron chi connectivity index (χ1n) is 10.3. The molecule has 2 heterocycles. The summed E-state index contributed by atoms with van der Waals surface area (Å²) in [5.74, 6) is 0.0245. The van der Waals surface area contributed by atoms with Gasteiger partial charge in [-0.2, -0.15) is 5.10 Å². The molecule has 160 valence electrons. The first-order chi connectivity index (χ1) is 13.9. The third-order valence-electron chi connectivity index (χ3n) is 6.27. The van der Waals surface area contributed by atoms with Crippen molar-refractivity contribution in [2.24, 2.45) is 0 Å². The standard InChI is InChI=1S/C23H29N5O.ClH/c1-15(29)19-14-24-20-9-8-16(17-12-25-26-13-17)11-18(20)22(19)27-23(2)10-6-5-7-21(23)28(3)4;/h8-9,11-14,21H,5-7,10H2,1-4H3,(H,24,27)(H,25,26);1H. The quantitative estimate of drug-likeness (QED) is 0.565. The molecule has 0 spiro atoms. The van der Waals surface area contributed by atoms with Crippen molar-refractivity contribution in [3.8, 4) is 11.1 Å². The van der Waals surface area contributed by atoms with E-state index in [1.807, 2.05) is 18.3 Å². The number of ketones is 1. The molecule has 1 aromatic carbocycles. The van der Waals surface area contributed by atoms with E-state index in [0.29, 0.717) is 11.6 Å². The summed E-state index contributed by atoms with van der Waals surface area (Å²) in [7, 11) is 4.28. The van der Waals surface area contributed by atoms with Gasteiger partial charge < -0.3 is 10.2 Å². The second kappa shape index (κ2) is 8.74. The summed E-state index contributed by atoms with van der Waals surface area (Å²) >= 11 is 0. The number of benzene rings is 1. The van der Waals surface area contributed by atoms with Crippen molar-refractivity contribution in [2.45, 2.75) is 51.1 Å². The molecule has 3 aromatic rings. The summed E-state index contributed by atoms with van der Waals surface area (Å²) in [6, 6.07) is 6.57. The predicted molar refractivity (Wildman–Crippen MR) is 125 cm³/mol. The molecule has 2 unspecified atom stereocenters. The zero-order chi connectivity index (χ0) is 20.6. The van der Waals surface area contributed by atoms with Crippen LogP contribution in [-0.4, -0.2) is 51.5 Å². The predicted octanol–water partition coefficient (Wildman–Crippen LogP) is 4.92. The van der Waals surface area contributed by atoms with Gasteiger partial charge in [-0.15, -0.1) is 12.4 Å². The number of halogens is 1. The zero-order valence-electron chi connectivity index (χ0n) is 18.0. The van der Waals surface area contributed by atoms with Crippen molar-refractivity contribution < 1.29 is 4.79 Å². The summed E-state index contributed by atoms with van der Waals surface area (Å²) in [6.07, 6.45) is 10.0. The lowest BCUT2D eigenvalue weighted by Crippen LogP contribution is -2.55. The number of carbonyl (C=O) groups excluding carboxylic acids is 1. The van der Waals surface area contributed by atoms with E-state index in [4.69, 9.17) is 0 Å². The number of nitrogens with zero attached hydrogens (tertiary/aromatic N) is 3. The summed E-state index contributed by atoms with van der Waals surface area (Å²) < 4.78 is 0. The molecule has 2 aromatic heterocycles. The van der Waals surface area contributed by atoms with Gasteiger partial charge in [0.05, 0.1) is 28.5 Å². The molecule has 0 saturated heterocycles. The van der Waals surface area contributed by atoms with Crippen LogP contribution in [0.3, 0.4) is 0 Å². The second-order valence-electron chi connectivity index (χ2n) is 8.59. The number of pyridine rings is 1. The van der Waals surface area contributed by atoms with E-state index in [9.17, 15) is 4.79 Å². The maximum absolute atomic E-state index is 12.5. The highest BCUT2D eigenvalue weighted by molar-refractivity contribution is 6.08. The highest BCUT2D eigenvalue weighted by atomic mass is 35.5. The number of aromatic nitrogens is 3. The average Bonchev–Trinajstić information content (AvgIpc) is 3.22. The van der Waals surface area contributed by atoms with Crippen LogP contribution in [0.5, 0.6) is 0 Å². The number of nitrogens with one attached hydrogen (secondary N) is 2. The minimum absolute atomic E-state index is 0. The number of anilines is 1. The molecule has 1 aliphatic carbocycles. The number of rotatable bonds is 5. The molecule has 30 heavy (non-hydrogen) atoms. The Morgan fingerprint density at radius 1 is 1.23 bits per heavy atom. The van der Waals surface area contributed by atoms with Crippen LogP contribution in [0.1, 0.15) is 49.9 Å². The van der Waals surface area contributed by atoms with Gasteiger partial charge in [0.2, 0.25) is 0 Å². The van der Waals surface area contributed by atoms with Gasteiger partial charge in [-0.05, 0) is 58.5 Å². The number of aromatic amines is 1. The fraction of sp³-hybridized carbons (Fsp3) is 0.435. The van der Waals surface area contributed by atoms with Crippen molar-refractivity contribution in [3.63, 3.8) is 0 Å². The molecule has 0 bridgehead atoms. The van der Waals surface area contributed by atoms with Crippen molar-refractivity contribution in [1.29, 1.82) is 0 Å². The SMILES string of the molecule is CC(=O)c1cnc2ccc(-c3cn[nH]c3)cc2c1NC1(C)CCCCC1N(C)C.Cl. The summed E-state index contributed by atoms with van der Waals surface area (Å²) in [6.45, 7) is 3.90. The third-order valence-corrected chi connectivity index (χ3v) is 6.27. The average molecular weight is 428 g/mol. The fourth-order valence-electron chi connectivity index (χ4n) is 4.76. The van der Waals surface area contributed by atoms with Crippen LogP contribution in [0.25, 0.3) is 22.0 Å². The lowest BCUT2D eigenvalue weighted by atomic mass is 9.77. The van der Waals surface area contributed by atoms with Gasteiger partial charge in [-0.1, -0.05) is 18.9 Å². The Morgan fingerprint density at radius 3 is 2.70 bits per heavy atom. The van der Waals surface area contributed by atoms with Gasteiger partial charge in [-0.25, -0.2) is 0 Å². The van der Waals surface area contributed by atoms with Crippen LogP contribution < -0.4 is 5.32 Å². The maximum Gasteiger partial charge on any atom is 0.163 e. The summed E-state index contributed by atoms with van der Waals surface area (Å²) in [4.78, 5) is 19.3. The van der Waals surface area contributed by atoms with Crippen LogP contribution in [-0.2, 0) is 0 Å². The third kappa shape index (κ3) is 4.07. The van der Waals surface area contributed by atoms with E-state index in [1.54, 1.807) is 19.3 Å². The monoisotopic (exact) mass is 427 g/mol. The van der Waals surface area contributed by atoms with Crippen LogP contribution >= 0.6 is 12.4 Å². The first kappa shape index (κ1) is 22.2. The van der Waals surface area contributed by atoms with Crippen LogP contribution in [0.4, 0.5) is 5.69 Å². The summed E-state index contributed by atoms with van der Waals surface area (Å²) in [5, 5.41) is 11.7. The zero-order valence-corrected chi connectivity index (χ0v) is 18.8. The largest absolute Gasteiger partial charge is 0.377 e. The first-order valence-corrected chi connectivity index (χ1v) is 10.3. The number of hydrogen-bond donors (Lipinski definition) is 2. The van der Waals surface area contributed by atoms with E-state index >= 15 is 0 Å². The Morgan fingerprint density at radius 2 is 2.03 bits per heavy atom. The van der Waals surface area contributed by atoms with Crippen molar-refractivity contribution in [2.75, 3.05) is 19.4 Å². The van der Waals surface area contributed by atoms with Crippen molar-refractivity contribution in [3.05, 3.63) is 42.4 Å². The molecule has 2 atom stereocenters. The molecule has 6 nitrogen and oxygen atoms in total.